The summed E-state index contributed by atoms with van der Waals surface area (Å²) in [4.78, 5) is 17.4. The molecule has 0 unspecified atom stereocenters. The summed E-state index contributed by atoms with van der Waals surface area (Å²) in [6.07, 6.45) is 0.955. The molecule has 2 N–H and O–H groups in total. The van der Waals surface area contributed by atoms with Gasteiger partial charge < -0.3 is 10.1 Å². The van der Waals surface area contributed by atoms with Crippen LogP contribution in [0.15, 0.2) is 17.5 Å². The van der Waals surface area contributed by atoms with Gasteiger partial charge in [-0.05, 0) is 31.7 Å². The molecule has 1 saturated heterocycles. The Kier molecular flexibility index (Phi) is 3.77. The summed E-state index contributed by atoms with van der Waals surface area (Å²) < 4.78 is 5.36. The molecular formula is C14H18N4O2S. The molecule has 6 nitrogen and oxygen atoms in total. The maximum Gasteiger partial charge on any atom is 0.262 e. The molecule has 0 spiro atoms. The fraction of sp³-hybridized carbons (Fsp3) is 0.500. The van der Waals surface area contributed by atoms with Crippen LogP contribution in [0, 0.1) is 0 Å². The van der Waals surface area contributed by atoms with Gasteiger partial charge in [0.2, 0.25) is 0 Å². The highest BCUT2D eigenvalue weighted by atomic mass is 32.1. The zero-order chi connectivity index (χ0) is 14.9. The Labute approximate surface area is 126 Å². The highest BCUT2D eigenvalue weighted by molar-refractivity contribution is 7.12. The average molecular weight is 306 g/mol. The van der Waals surface area contributed by atoms with Crippen LogP contribution in [0.5, 0.6) is 0 Å². The maximum atomic E-state index is 12.2. The average Bonchev–Trinajstić information content (AvgIpc) is 3.19. The van der Waals surface area contributed by atoms with E-state index in [0.717, 1.165) is 18.9 Å². The summed E-state index contributed by atoms with van der Waals surface area (Å²) in [5, 5.41) is 12.1. The number of carbonyl (C=O) groups excluding carboxylic acids is 1. The molecule has 3 rings (SSSR count). The number of thiophene rings is 1. The quantitative estimate of drug-likeness (QED) is 0.906. The van der Waals surface area contributed by atoms with Crippen LogP contribution in [0.1, 0.15) is 47.5 Å². The van der Waals surface area contributed by atoms with Crippen LogP contribution >= 0.6 is 11.3 Å². The van der Waals surface area contributed by atoms with E-state index in [1.54, 1.807) is 6.07 Å². The van der Waals surface area contributed by atoms with Gasteiger partial charge in [0.1, 0.15) is 5.82 Å². The van der Waals surface area contributed by atoms with Gasteiger partial charge in [-0.3, -0.25) is 9.89 Å². The molecule has 3 heterocycles. The molecule has 1 aliphatic heterocycles. The van der Waals surface area contributed by atoms with Crippen LogP contribution in [0.4, 0.5) is 0 Å². The normalized spacial score (nSPS) is 18.9. The van der Waals surface area contributed by atoms with Gasteiger partial charge in [0.15, 0.2) is 5.82 Å². The first kappa shape index (κ1) is 14.2. The van der Waals surface area contributed by atoms with E-state index in [1.807, 2.05) is 25.3 Å². The molecule has 0 aliphatic carbocycles. The van der Waals surface area contributed by atoms with E-state index >= 15 is 0 Å². The van der Waals surface area contributed by atoms with Crippen molar-refractivity contribution in [2.75, 3.05) is 13.2 Å². The van der Waals surface area contributed by atoms with Crippen molar-refractivity contribution in [2.45, 2.75) is 31.7 Å². The Morgan fingerprint density at radius 2 is 2.43 bits per heavy atom. The first-order valence-electron chi connectivity index (χ1n) is 6.93. The Balaban J connectivity index is 1.73. The number of nitrogens with one attached hydrogen (secondary N) is 2. The molecule has 0 aromatic carbocycles. The van der Waals surface area contributed by atoms with Crippen molar-refractivity contribution in [1.82, 2.24) is 20.5 Å². The monoisotopic (exact) mass is 306 g/mol. The van der Waals surface area contributed by atoms with Crippen molar-refractivity contribution >= 4 is 17.2 Å². The van der Waals surface area contributed by atoms with Crippen LogP contribution in [0.25, 0.3) is 0 Å². The third-order valence-electron chi connectivity index (χ3n) is 3.55. The SMILES string of the molecule is CC(C)(NC(=O)c1cccs1)c1n[nH]c([C@@H]2CCOC2)n1. The van der Waals surface area contributed by atoms with Gasteiger partial charge >= 0.3 is 0 Å². The summed E-state index contributed by atoms with van der Waals surface area (Å²) in [6.45, 7) is 5.24. The number of amides is 1. The number of hydrogen-bond acceptors (Lipinski definition) is 5. The van der Waals surface area contributed by atoms with Crippen LogP contribution in [0.2, 0.25) is 0 Å². The van der Waals surface area contributed by atoms with Crippen molar-refractivity contribution in [3.63, 3.8) is 0 Å². The molecule has 1 aliphatic rings. The van der Waals surface area contributed by atoms with Gasteiger partial charge in [0, 0.05) is 12.5 Å². The van der Waals surface area contributed by atoms with Crippen LogP contribution in [-0.2, 0) is 10.3 Å². The standard InChI is InChI=1S/C14H18N4O2S/c1-14(2,16-12(19)10-4-3-7-21-10)13-15-11(17-18-13)9-5-6-20-8-9/h3-4,7,9H,5-6,8H2,1-2H3,(H,16,19)(H,15,17,18)/t9-/m1/s1. The van der Waals surface area contributed by atoms with Gasteiger partial charge in [0.05, 0.1) is 17.0 Å². The molecule has 0 radical (unpaired) electrons. The number of aromatic amines is 1. The number of H-pyrrole nitrogens is 1. The zero-order valence-corrected chi connectivity index (χ0v) is 12.9. The Bertz CT molecular complexity index is 615. The molecule has 2 aromatic heterocycles. The largest absolute Gasteiger partial charge is 0.381 e. The lowest BCUT2D eigenvalue weighted by Crippen LogP contribution is -2.41. The van der Waals surface area contributed by atoms with E-state index in [2.05, 4.69) is 20.5 Å². The Morgan fingerprint density at radius 1 is 1.57 bits per heavy atom. The third kappa shape index (κ3) is 2.98. The van der Waals surface area contributed by atoms with Gasteiger partial charge in [-0.15, -0.1) is 11.3 Å². The first-order valence-corrected chi connectivity index (χ1v) is 7.81. The predicted molar refractivity (Wildman–Crippen MR) is 79.4 cm³/mol. The Morgan fingerprint density at radius 3 is 3.10 bits per heavy atom. The van der Waals surface area contributed by atoms with Gasteiger partial charge in [0.25, 0.3) is 5.91 Å². The summed E-state index contributed by atoms with van der Waals surface area (Å²) in [7, 11) is 0. The topological polar surface area (TPSA) is 79.9 Å². The second kappa shape index (κ2) is 5.57. The number of aromatic nitrogens is 3. The molecule has 7 heteroatoms. The van der Waals surface area contributed by atoms with Gasteiger partial charge in [-0.2, -0.15) is 5.10 Å². The van der Waals surface area contributed by atoms with Crippen LogP contribution in [-0.4, -0.2) is 34.3 Å². The molecule has 1 atom stereocenters. The van der Waals surface area contributed by atoms with Crippen molar-refractivity contribution in [3.05, 3.63) is 34.0 Å². The summed E-state index contributed by atoms with van der Waals surface area (Å²) in [6, 6.07) is 3.66. The number of hydrogen-bond donors (Lipinski definition) is 2. The molecular weight excluding hydrogens is 288 g/mol. The lowest BCUT2D eigenvalue weighted by molar-refractivity contribution is 0.0912. The lowest BCUT2D eigenvalue weighted by Gasteiger charge is -2.22. The molecule has 112 valence electrons. The minimum atomic E-state index is -0.630. The minimum Gasteiger partial charge on any atom is -0.381 e. The number of rotatable bonds is 4. The second-order valence-electron chi connectivity index (χ2n) is 5.66. The molecule has 2 aromatic rings. The number of ether oxygens (including phenoxy) is 1. The van der Waals surface area contributed by atoms with E-state index < -0.39 is 5.54 Å². The molecule has 21 heavy (non-hydrogen) atoms. The smallest absolute Gasteiger partial charge is 0.262 e. The zero-order valence-electron chi connectivity index (χ0n) is 12.0. The second-order valence-corrected chi connectivity index (χ2v) is 6.61. The lowest BCUT2D eigenvalue weighted by atomic mass is 10.0. The third-order valence-corrected chi connectivity index (χ3v) is 4.42. The highest BCUT2D eigenvalue weighted by Gasteiger charge is 2.30. The van der Waals surface area contributed by atoms with Crippen LogP contribution < -0.4 is 5.32 Å². The van der Waals surface area contributed by atoms with Gasteiger partial charge in [-0.1, -0.05) is 6.07 Å². The van der Waals surface area contributed by atoms with Crippen molar-refractivity contribution < 1.29 is 9.53 Å². The number of nitrogens with zero attached hydrogens (tertiary/aromatic N) is 2. The highest BCUT2D eigenvalue weighted by Crippen LogP contribution is 2.24. The first-order chi connectivity index (χ1) is 10.1. The summed E-state index contributed by atoms with van der Waals surface area (Å²) in [5.41, 5.74) is -0.630. The molecule has 0 saturated carbocycles. The maximum absolute atomic E-state index is 12.2. The number of carbonyl (C=O) groups is 1. The van der Waals surface area contributed by atoms with E-state index in [-0.39, 0.29) is 11.8 Å². The van der Waals surface area contributed by atoms with Crippen LogP contribution in [0.3, 0.4) is 0 Å². The van der Waals surface area contributed by atoms with Gasteiger partial charge in [-0.25, -0.2) is 4.98 Å². The van der Waals surface area contributed by atoms with E-state index in [1.165, 1.54) is 11.3 Å². The Hall–Kier alpha value is -1.73. The fourth-order valence-electron chi connectivity index (χ4n) is 2.30. The van der Waals surface area contributed by atoms with E-state index in [9.17, 15) is 4.79 Å². The fourth-order valence-corrected chi connectivity index (χ4v) is 2.91. The van der Waals surface area contributed by atoms with Crippen molar-refractivity contribution in [3.8, 4) is 0 Å². The predicted octanol–water partition coefficient (Wildman–Crippen LogP) is 2.04. The summed E-state index contributed by atoms with van der Waals surface area (Å²) in [5.74, 6) is 1.59. The molecule has 0 bridgehead atoms. The van der Waals surface area contributed by atoms with Crippen molar-refractivity contribution in [2.24, 2.45) is 0 Å². The molecule has 1 amide bonds. The minimum absolute atomic E-state index is 0.106. The summed E-state index contributed by atoms with van der Waals surface area (Å²) >= 11 is 1.42. The van der Waals surface area contributed by atoms with Crippen molar-refractivity contribution in [1.29, 1.82) is 0 Å². The van der Waals surface area contributed by atoms with E-state index in [4.69, 9.17) is 4.74 Å². The molecule has 1 fully saturated rings. The van der Waals surface area contributed by atoms with E-state index in [0.29, 0.717) is 17.3 Å².